The second kappa shape index (κ2) is 11.9. The number of hydrogen-bond acceptors (Lipinski definition) is 0. The van der Waals surface area contributed by atoms with Gasteiger partial charge in [-0.15, -0.1) is 0 Å². The summed E-state index contributed by atoms with van der Waals surface area (Å²) < 4.78 is 3.20. The fourth-order valence-electron chi connectivity index (χ4n) is 8.29. The van der Waals surface area contributed by atoms with Crippen molar-refractivity contribution in [3.05, 3.63) is 179 Å². The van der Waals surface area contributed by atoms with E-state index in [1.165, 1.54) is 66.8 Å². The molecule has 0 aromatic heterocycles. The van der Waals surface area contributed by atoms with Gasteiger partial charge in [-0.1, -0.05) is 0 Å². The van der Waals surface area contributed by atoms with Gasteiger partial charge in [0.05, 0.1) is 0 Å². The Morgan fingerprint density at radius 1 is 0.383 bits per heavy atom. The van der Waals surface area contributed by atoms with E-state index < -0.39 is 13.3 Å². The van der Waals surface area contributed by atoms with Gasteiger partial charge in [0, 0.05) is 0 Å². The number of rotatable bonds is 6. The third kappa shape index (κ3) is 4.98. The van der Waals surface area contributed by atoms with E-state index >= 15 is 0 Å². The zero-order valence-corrected chi connectivity index (χ0v) is 29.8. The molecule has 0 saturated heterocycles. The van der Waals surface area contributed by atoms with Crippen molar-refractivity contribution in [2.45, 2.75) is 37.2 Å². The summed E-state index contributed by atoms with van der Waals surface area (Å²) in [5.74, 6) is 5.91. The molecule has 0 amide bonds. The van der Waals surface area contributed by atoms with Crippen LogP contribution in [-0.2, 0) is 0 Å². The van der Waals surface area contributed by atoms with Crippen molar-refractivity contribution in [3.8, 4) is 22.3 Å². The number of allylic oxidation sites excluding steroid dienone is 2. The Morgan fingerprint density at radius 2 is 0.702 bits per heavy atom. The molecule has 6 aromatic rings. The first kappa shape index (κ1) is 29.7. The van der Waals surface area contributed by atoms with Gasteiger partial charge in [-0.25, -0.2) is 0 Å². The Morgan fingerprint density at radius 3 is 1.04 bits per heavy atom. The van der Waals surface area contributed by atoms with Gasteiger partial charge in [0.1, 0.15) is 0 Å². The maximum atomic E-state index is 2.63. The molecule has 0 aliphatic heterocycles. The van der Waals surface area contributed by atoms with Gasteiger partial charge >= 0.3 is 284 Å². The number of fused-ring (bicyclic) bond motifs is 2. The van der Waals surface area contributed by atoms with Crippen LogP contribution in [0.15, 0.2) is 146 Å². The molecule has 47 heavy (non-hydrogen) atoms. The molecule has 1 heteroatoms. The van der Waals surface area contributed by atoms with Crippen molar-refractivity contribution < 1.29 is 0 Å². The molecule has 0 bridgehead atoms. The molecule has 0 heterocycles. The van der Waals surface area contributed by atoms with Crippen LogP contribution >= 0.6 is 0 Å². The van der Waals surface area contributed by atoms with Crippen molar-refractivity contribution in [1.82, 2.24) is 0 Å². The molecule has 2 aliphatic rings. The van der Waals surface area contributed by atoms with Crippen LogP contribution in [0.2, 0.25) is 11.5 Å². The van der Waals surface area contributed by atoms with Crippen LogP contribution in [0.1, 0.15) is 59.1 Å². The molecule has 0 N–H and O–H groups in total. The summed E-state index contributed by atoms with van der Waals surface area (Å²) in [4.78, 5) is 0. The van der Waals surface area contributed by atoms with E-state index in [2.05, 4.69) is 183 Å². The van der Waals surface area contributed by atoms with Gasteiger partial charge in [-0.2, -0.15) is 0 Å². The Hall–Kier alpha value is -4.66. The Labute approximate surface area is 282 Å². The minimum absolute atomic E-state index is 0.322. The molecule has 6 aromatic carbocycles. The summed E-state index contributed by atoms with van der Waals surface area (Å²) in [5.41, 5.74) is 16.7. The van der Waals surface area contributed by atoms with Gasteiger partial charge in [0.15, 0.2) is 0 Å². The van der Waals surface area contributed by atoms with Crippen LogP contribution in [0.25, 0.3) is 45.6 Å². The van der Waals surface area contributed by atoms with Crippen LogP contribution in [0.3, 0.4) is 0 Å². The molecule has 0 spiro atoms. The van der Waals surface area contributed by atoms with Crippen molar-refractivity contribution in [2.75, 3.05) is 0 Å². The summed E-state index contributed by atoms with van der Waals surface area (Å²) in [7, 11) is 0. The summed E-state index contributed by atoms with van der Waals surface area (Å²) in [6.07, 6.45) is 5.00. The van der Waals surface area contributed by atoms with E-state index in [4.69, 9.17) is 0 Å². The second-order valence-corrected chi connectivity index (χ2v) is 22.8. The Kier molecular flexibility index (Phi) is 7.50. The molecule has 2 atom stereocenters. The standard InChI is InChI=1S/C46H40Ge/c1-31-39(35-21-13-7-14-22-35)29-41-37(33-17-9-5-10-18-33)25-27-43(45(31)41)47(3,4)44-28-26-38(34-19-11-6-12-20-34)42-30-40(32(2)46(42)44)36-23-15-8-16-24-36/h5-32H,1-4H3. The molecule has 8 rings (SSSR count). The van der Waals surface area contributed by atoms with Crippen LogP contribution in [0, 0.1) is 0 Å². The Bertz CT molecular complexity index is 2000. The van der Waals surface area contributed by atoms with Crippen molar-refractivity contribution in [1.29, 1.82) is 0 Å². The van der Waals surface area contributed by atoms with Gasteiger partial charge in [-0.05, 0) is 0 Å². The van der Waals surface area contributed by atoms with Gasteiger partial charge in [-0.3, -0.25) is 0 Å². The topological polar surface area (TPSA) is 0 Å². The van der Waals surface area contributed by atoms with Crippen LogP contribution in [0.5, 0.6) is 0 Å². The van der Waals surface area contributed by atoms with Crippen LogP contribution in [0.4, 0.5) is 0 Å². The Balaban J connectivity index is 1.33. The number of benzene rings is 6. The van der Waals surface area contributed by atoms with E-state index in [9.17, 15) is 0 Å². The molecule has 0 radical (unpaired) electrons. The van der Waals surface area contributed by atoms with E-state index in [1.807, 2.05) is 0 Å². The summed E-state index contributed by atoms with van der Waals surface area (Å²) in [6.45, 7) is 4.86. The predicted octanol–water partition coefficient (Wildman–Crippen LogP) is 11.2. The van der Waals surface area contributed by atoms with Gasteiger partial charge in [0.2, 0.25) is 0 Å². The average Bonchev–Trinajstić information content (AvgIpc) is 3.66. The summed E-state index contributed by atoms with van der Waals surface area (Å²) >= 11 is -2.93. The quantitative estimate of drug-likeness (QED) is 0.155. The first-order valence-corrected chi connectivity index (χ1v) is 23.2. The average molecular weight is 665 g/mol. The van der Waals surface area contributed by atoms with Gasteiger partial charge < -0.3 is 0 Å². The van der Waals surface area contributed by atoms with Crippen molar-refractivity contribution in [3.63, 3.8) is 0 Å². The summed E-state index contributed by atoms with van der Waals surface area (Å²) in [6, 6.07) is 53.8. The molecule has 0 fully saturated rings. The first-order valence-electron chi connectivity index (χ1n) is 16.9. The zero-order valence-electron chi connectivity index (χ0n) is 27.7. The molecular formula is C46H40Ge. The van der Waals surface area contributed by atoms with E-state index in [-0.39, 0.29) is 0 Å². The second-order valence-electron chi connectivity index (χ2n) is 13.7. The minimum atomic E-state index is -2.93. The first-order chi connectivity index (χ1) is 22.9. The van der Waals surface area contributed by atoms with Gasteiger partial charge in [0.25, 0.3) is 0 Å². The molecule has 2 aliphatic carbocycles. The fraction of sp³-hybridized carbons (Fsp3) is 0.130. The van der Waals surface area contributed by atoms with Crippen molar-refractivity contribution >= 4 is 45.4 Å². The molecular weight excluding hydrogens is 625 g/mol. The fourth-order valence-corrected chi connectivity index (χ4v) is 15.3. The number of hydrogen-bond donors (Lipinski definition) is 0. The SMILES string of the molecule is CC1C(c2ccccc2)=Cc2c(-c3ccccc3)cc[c]([Ge]([CH3])([CH3])[c]3ccc(-c4ccccc4)c4c3C(C)C(c3ccccc3)=C4)c21. The van der Waals surface area contributed by atoms with E-state index in [0.717, 1.165) is 0 Å². The van der Waals surface area contributed by atoms with Crippen LogP contribution < -0.4 is 8.79 Å². The molecule has 0 nitrogen and oxygen atoms in total. The molecule has 0 saturated carbocycles. The maximum absolute atomic E-state index is 2.93. The summed E-state index contributed by atoms with van der Waals surface area (Å²) in [5, 5.41) is 0. The van der Waals surface area contributed by atoms with E-state index in [0.29, 0.717) is 11.8 Å². The zero-order chi connectivity index (χ0) is 32.1. The predicted molar refractivity (Wildman–Crippen MR) is 206 cm³/mol. The van der Waals surface area contributed by atoms with Crippen molar-refractivity contribution in [2.24, 2.45) is 0 Å². The normalized spacial score (nSPS) is 16.8. The molecule has 2 unspecified atom stereocenters. The monoisotopic (exact) mass is 666 g/mol. The van der Waals surface area contributed by atoms with Crippen LogP contribution in [-0.4, -0.2) is 13.3 Å². The molecule has 228 valence electrons. The third-order valence-electron chi connectivity index (χ3n) is 10.7. The third-order valence-corrected chi connectivity index (χ3v) is 18.2. The van der Waals surface area contributed by atoms with E-state index in [1.54, 1.807) is 8.79 Å².